The maximum absolute atomic E-state index is 12.0. The van der Waals surface area contributed by atoms with Crippen molar-refractivity contribution in [1.29, 1.82) is 0 Å². The number of hydrogen-bond donors (Lipinski definition) is 19. The third-order valence-corrected chi connectivity index (χ3v) is 13.7. The first-order valence-corrected chi connectivity index (χ1v) is 23.8. The topological polar surface area (TPSA) is 504 Å². The van der Waals surface area contributed by atoms with Gasteiger partial charge in [-0.15, -0.1) is 0 Å². The van der Waals surface area contributed by atoms with Crippen LogP contribution in [0.4, 0.5) is 0 Å². The van der Waals surface area contributed by atoms with Crippen molar-refractivity contribution in [1.82, 2.24) is 0 Å². The molecule has 32 heteroatoms. The molecule has 6 aliphatic heterocycles. The first-order valence-electron chi connectivity index (χ1n) is 23.8. The van der Waals surface area contributed by atoms with Crippen LogP contribution in [-0.4, -0.2) is 328 Å². The first-order chi connectivity index (χ1) is 35.7. The smallest absolute Gasteiger partial charge is 0.229 e. The molecule has 0 spiro atoms. The summed E-state index contributed by atoms with van der Waals surface area (Å²) in [7, 11) is 1.39. The highest BCUT2D eigenvalue weighted by Gasteiger charge is 2.57. The maximum atomic E-state index is 12.0. The van der Waals surface area contributed by atoms with E-state index in [2.05, 4.69) is 0 Å². The van der Waals surface area contributed by atoms with Crippen molar-refractivity contribution >= 4 is 0 Å². The van der Waals surface area contributed by atoms with E-state index in [4.69, 9.17) is 61.6 Å². The van der Waals surface area contributed by atoms with Crippen LogP contribution in [-0.2, 0) is 52.1 Å². The zero-order valence-electron chi connectivity index (χ0n) is 39.7. The largest absolute Gasteiger partial charge is 0.497 e. The highest BCUT2D eigenvalue weighted by Crippen LogP contribution is 2.36. The molecule has 75 heavy (non-hydrogen) atoms. The highest BCUT2D eigenvalue weighted by atomic mass is 16.8. The van der Waals surface area contributed by atoms with Crippen LogP contribution >= 0.6 is 0 Å². The number of ether oxygens (including phenoxy) is 13. The minimum absolute atomic E-state index is 0.0294. The molecule has 6 heterocycles. The zero-order valence-corrected chi connectivity index (χ0v) is 39.7. The summed E-state index contributed by atoms with van der Waals surface area (Å²) in [6.07, 6.45) is -57.1. The molecule has 0 amide bonds. The molecular formula is C43H68O32. The molecule has 1 aromatic rings. The molecule has 32 nitrogen and oxygen atoms in total. The van der Waals surface area contributed by atoms with Crippen LogP contribution in [0, 0.1) is 0 Å². The summed E-state index contributed by atoms with van der Waals surface area (Å²) in [6.45, 7) is -5.34. The van der Waals surface area contributed by atoms with E-state index in [0.717, 1.165) is 0 Å². The third kappa shape index (κ3) is 13.0. The molecule has 432 valence electrons. The van der Waals surface area contributed by atoms with E-state index in [0.29, 0.717) is 5.75 Å². The van der Waals surface area contributed by atoms with Crippen molar-refractivity contribution in [3.8, 4) is 11.5 Å². The van der Waals surface area contributed by atoms with Gasteiger partial charge in [-0.05, 0) is 24.3 Å². The summed E-state index contributed by atoms with van der Waals surface area (Å²) >= 11 is 0. The normalized spacial score (nSPS) is 48.8. The molecule has 0 saturated carbocycles. The van der Waals surface area contributed by atoms with Crippen LogP contribution < -0.4 is 9.47 Å². The van der Waals surface area contributed by atoms with E-state index in [1.165, 1.54) is 31.4 Å². The highest BCUT2D eigenvalue weighted by molar-refractivity contribution is 5.31. The maximum Gasteiger partial charge on any atom is 0.229 e. The number of rotatable bonds is 19. The van der Waals surface area contributed by atoms with Crippen LogP contribution in [0.5, 0.6) is 11.5 Å². The molecule has 0 radical (unpaired) electrons. The average molecular weight is 1100 g/mol. The van der Waals surface area contributed by atoms with E-state index < -0.39 is 224 Å². The lowest BCUT2D eigenvalue weighted by Crippen LogP contribution is -2.67. The van der Waals surface area contributed by atoms with Gasteiger partial charge in [0.2, 0.25) is 6.29 Å². The second kappa shape index (κ2) is 26.3. The Labute approximate surface area is 424 Å². The third-order valence-electron chi connectivity index (χ3n) is 13.7. The molecule has 6 fully saturated rings. The summed E-state index contributed by atoms with van der Waals surface area (Å²) in [5, 5.41) is 203. The van der Waals surface area contributed by atoms with Gasteiger partial charge in [0.05, 0.1) is 46.8 Å². The Morgan fingerprint density at radius 2 is 0.640 bits per heavy atom. The molecule has 6 aliphatic rings. The van der Waals surface area contributed by atoms with Crippen LogP contribution in [0.2, 0.25) is 0 Å². The number of aliphatic hydroxyl groups excluding tert-OH is 19. The van der Waals surface area contributed by atoms with Gasteiger partial charge in [-0.25, -0.2) is 0 Å². The molecule has 1 aromatic carbocycles. The summed E-state index contributed by atoms with van der Waals surface area (Å²) in [5.41, 5.74) is 0. The van der Waals surface area contributed by atoms with Gasteiger partial charge in [0, 0.05) is 0 Å². The summed E-state index contributed by atoms with van der Waals surface area (Å²) in [6, 6.07) is 5.75. The van der Waals surface area contributed by atoms with E-state index in [9.17, 15) is 97.0 Å². The van der Waals surface area contributed by atoms with Crippen molar-refractivity contribution in [3.05, 3.63) is 24.3 Å². The Kier molecular flexibility index (Phi) is 21.1. The fourth-order valence-electron chi connectivity index (χ4n) is 9.14. The molecule has 19 N–H and O–H groups in total. The number of methoxy groups -OCH3 is 1. The molecule has 6 saturated heterocycles. The summed E-state index contributed by atoms with van der Waals surface area (Å²) < 4.78 is 74.0. The van der Waals surface area contributed by atoms with E-state index in [1.54, 1.807) is 0 Å². The molecular weight excluding hydrogens is 1030 g/mol. The standard InChI is InChI=1S/C43H68O32/c1-63-12-2-4-13(5-3-12)66-42-34(62)36(74-43-37(29(57)23(51)17(9-47)70-43)75-41-32(60)28(56)22(50)16(8-46)69-41)25(53)19(72-42)11-65-39-33(61)35(73-40-31(59)27(55)21(49)15(7-45)68-40)24(52)18(71-39)10-64-38-30(58)26(54)20(48)14(6-44)67-38/h2-5,14-62H,6-11H2,1H3/t14-,15-,16-,17-,18-,19-,20-,21-,22-,23-,24-,25-,26+,27+,28+,29+,30+,31+,32+,33+,34+,35+,36+,37+,38+,39+,40-,41-,42+,43-/m1/s1. The Morgan fingerprint density at radius 1 is 0.320 bits per heavy atom. The van der Waals surface area contributed by atoms with Gasteiger partial charge < -0.3 is 159 Å². The number of hydrogen-bond acceptors (Lipinski definition) is 32. The number of benzene rings is 1. The van der Waals surface area contributed by atoms with Crippen LogP contribution in [0.3, 0.4) is 0 Å². The summed E-state index contributed by atoms with van der Waals surface area (Å²) in [5.74, 6) is 0.415. The van der Waals surface area contributed by atoms with Crippen LogP contribution in [0.1, 0.15) is 0 Å². The lowest BCUT2D eigenvalue weighted by molar-refractivity contribution is -0.389. The Morgan fingerprint density at radius 3 is 1.08 bits per heavy atom. The minimum Gasteiger partial charge on any atom is -0.497 e. The van der Waals surface area contributed by atoms with Crippen molar-refractivity contribution < 1.29 is 159 Å². The number of aliphatic hydroxyl groups is 19. The van der Waals surface area contributed by atoms with Crippen LogP contribution in [0.15, 0.2) is 24.3 Å². The van der Waals surface area contributed by atoms with Gasteiger partial charge in [0.15, 0.2) is 31.5 Å². The molecule has 0 aliphatic carbocycles. The molecule has 0 unspecified atom stereocenters. The molecule has 7 rings (SSSR count). The SMILES string of the molecule is COc1ccc(O[C@H]2O[C@H](CO[C@H]3O[C@H](CO[C@H]4O[C@H](CO)[C@@H](O)[C@H](O)[C@@H]4O)[C@@H](O)[C@H](O[C@H]4O[C@H](CO)[C@@H](O)[C@H](O)[C@@H]4O)[C@@H]3O)[C@@H](O)[C@H](O[C@H]3O[C@H](CO)[C@@H](O)[C@H](O)[C@@H]3O[C@H]3O[C@H](CO)[C@@H](O)[C@H](O)[C@@H]3O)[C@@H]2O)cc1. The second-order valence-electron chi connectivity index (χ2n) is 18.6. The molecule has 0 aromatic heterocycles. The van der Waals surface area contributed by atoms with Gasteiger partial charge in [0.1, 0.15) is 158 Å². The van der Waals surface area contributed by atoms with Gasteiger partial charge in [0.25, 0.3) is 0 Å². The minimum atomic E-state index is -2.15. The predicted octanol–water partition coefficient (Wildman–Crippen LogP) is -12.0. The fourth-order valence-corrected chi connectivity index (χ4v) is 9.14. The van der Waals surface area contributed by atoms with E-state index in [1.807, 2.05) is 0 Å². The van der Waals surface area contributed by atoms with E-state index in [-0.39, 0.29) is 5.75 Å². The average Bonchev–Trinajstić information content (AvgIpc) is 3.40. The first kappa shape index (κ1) is 60.3. The predicted molar refractivity (Wildman–Crippen MR) is 231 cm³/mol. The monoisotopic (exact) mass is 1100 g/mol. The lowest BCUT2D eigenvalue weighted by Gasteiger charge is -2.49. The lowest BCUT2D eigenvalue weighted by atomic mass is 9.96. The van der Waals surface area contributed by atoms with Gasteiger partial charge in [-0.1, -0.05) is 0 Å². The van der Waals surface area contributed by atoms with Crippen molar-refractivity contribution in [2.45, 2.75) is 184 Å². The van der Waals surface area contributed by atoms with Crippen LogP contribution in [0.25, 0.3) is 0 Å². The quantitative estimate of drug-likeness (QED) is 0.0612. The fraction of sp³-hybridized carbons (Fsp3) is 0.860. The van der Waals surface area contributed by atoms with Gasteiger partial charge in [-0.3, -0.25) is 0 Å². The molecule has 0 bridgehead atoms. The Bertz CT molecular complexity index is 1870. The second-order valence-corrected chi connectivity index (χ2v) is 18.6. The van der Waals surface area contributed by atoms with Gasteiger partial charge in [-0.2, -0.15) is 0 Å². The van der Waals surface area contributed by atoms with Crippen molar-refractivity contribution in [2.75, 3.05) is 46.8 Å². The van der Waals surface area contributed by atoms with E-state index >= 15 is 0 Å². The van der Waals surface area contributed by atoms with Crippen molar-refractivity contribution in [3.63, 3.8) is 0 Å². The Hall–Kier alpha value is -2.38. The zero-order chi connectivity index (χ0) is 54.7. The van der Waals surface area contributed by atoms with Gasteiger partial charge >= 0.3 is 0 Å². The summed E-state index contributed by atoms with van der Waals surface area (Å²) in [4.78, 5) is 0. The Balaban J connectivity index is 1.15. The molecule has 30 atom stereocenters. The van der Waals surface area contributed by atoms with Crippen molar-refractivity contribution in [2.24, 2.45) is 0 Å².